The second-order valence-electron chi connectivity index (χ2n) is 5.96. The molecule has 0 saturated carbocycles. The van der Waals surface area contributed by atoms with Crippen LogP contribution < -0.4 is 5.32 Å². The molecule has 3 aromatic rings. The Kier molecular flexibility index (Phi) is 3.36. The summed E-state index contributed by atoms with van der Waals surface area (Å²) in [6.45, 7) is 8.41. The van der Waals surface area contributed by atoms with Crippen LogP contribution in [-0.2, 0) is 5.54 Å². The van der Waals surface area contributed by atoms with Gasteiger partial charge in [-0.3, -0.25) is 4.98 Å². The van der Waals surface area contributed by atoms with Gasteiger partial charge in [-0.1, -0.05) is 0 Å². The lowest BCUT2D eigenvalue weighted by molar-refractivity contribution is 0.366. The number of anilines is 1. The fourth-order valence-electron chi connectivity index (χ4n) is 2.17. The molecule has 3 aromatic heterocycles. The minimum absolute atomic E-state index is 0.114. The van der Waals surface area contributed by atoms with Crippen molar-refractivity contribution in [3.05, 3.63) is 29.1 Å². The SMILES string of the molecule is CC(Nc1ncnc2c1cnn2C(C)(C)C)c1cncs1. The van der Waals surface area contributed by atoms with Crippen LogP contribution in [0, 0.1) is 0 Å². The molecule has 0 spiro atoms. The van der Waals surface area contributed by atoms with Gasteiger partial charge in [-0.05, 0) is 27.7 Å². The molecule has 0 bridgehead atoms. The Hall–Kier alpha value is -2.02. The standard InChI is InChI=1S/C14H18N6S/c1-9(11-6-15-8-21-11)19-12-10-5-18-20(14(2,3)4)13(10)17-7-16-12/h5-9H,1-4H3,(H,16,17,19). The molecule has 0 aliphatic rings. The average Bonchev–Trinajstić information content (AvgIpc) is 3.07. The zero-order valence-corrected chi connectivity index (χ0v) is 13.3. The Labute approximate surface area is 127 Å². The summed E-state index contributed by atoms with van der Waals surface area (Å²) in [4.78, 5) is 14.0. The second kappa shape index (κ2) is 5.07. The molecule has 7 heteroatoms. The first-order valence-corrected chi connectivity index (χ1v) is 7.69. The number of aromatic nitrogens is 5. The first-order chi connectivity index (χ1) is 9.97. The van der Waals surface area contributed by atoms with Crippen molar-refractivity contribution in [3.63, 3.8) is 0 Å². The van der Waals surface area contributed by atoms with E-state index in [2.05, 4.69) is 53.1 Å². The summed E-state index contributed by atoms with van der Waals surface area (Å²) >= 11 is 1.63. The molecule has 0 aliphatic heterocycles. The van der Waals surface area contributed by atoms with Crippen LogP contribution in [0.25, 0.3) is 11.0 Å². The maximum absolute atomic E-state index is 4.46. The molecule has 1 unspecified atom stereocenters. The van der Waals surface area contributed by atoms with Crippen molar-refractivity contribution >= 4 is 28.2 Å². The van der Waals surface area contributed by atoms with Crippen LogP contribution in [0.1, 0.15) is 38.6 Å². The molecule has 1 atom stereocenters. The highest BCUT2D eigenvalue weighted by Gasteiger charge is 2.20. The van der Waals surface area contributed by atoms with E-state index in [1.165, 1.54) is 4.88 Å². The van der Waals surface area contributed by atoms with Gasteiger partial charge in [0.1, 0.15) is 12.1 Å². The molecule has 0 aromatic carbocycles. The van der Waals surface area contributed by atoms with Crippen LogP contribution in [0.5, 0.6) is 0 Å². The van der Waals surface area contributed by atoms with E-state index in [1.807, 2.05) is 22.6 Å². The van der Waals surface area contributed by atoms with E-state index in [9.17, 15) is 0 Å². The monoisotopic (exact) mass is 302 g/mol. The van der Waals surface area contributed by atoms with Gasteiger partial charge in [0.05, 0.1) is 28.7 Å². The maximum Gasteiger partial charge on any atom is 0.163 e. The predicted molar refractivity (Wildman–Crippen MR) is 84.5 cm³/mol. The lowest BCUT2D eigenvalue weighted by Crippen LogP contribution is -2.23. The molecule has 3 heterocycles. The van der Waals surface area contributed by atoms with Gasteiger partial charge in [-0.15, -0.1) is 11.3 Å². The summed E-state index contributed by atoms with van der Waals surface area (Å²) in [6, 6.07) is 0.147. The number of thiazole rings is 1. The highest BCUT2D eigenvalue weighted by atomic mass is 32.1. The quantitative estimate of drug-likeness (QED) is 0.804. The fraction of sp³-hybridized carbons (Fsp3) is 0.429. The molecule has 0 saturated heterocycles. The fourth-order valence-corrected chi connectivity index (χ4v) is 2.79. The summed E-state index contributed by atoms with van der Waals surface area (Å²) in [6.07, 6.45) is 5.27. The van der Waals surface area contributed by atoms with Gasteiger partial charge in [-0.2, -0.15) is 5.10 Å². The van der Waals surface area contributed by atoms with Crippen molar-refractivity contribution in [1.82, 2.24) is 24.7 Å². The summed E-state index contributed by atoms with van der Waals surface area (Å²) in [7, 11) is 0. The van der Waals surface area contributed by atoms with E-state index in [0.717, 1.165) is 16.9 Å². The minimum Gasteiger partial charge on any atom is -0.362 e. The Morgan fingerprint density at radius 2 is 2.05 bits per heavy atom. The molecule has 0 radical (unpaired) electrons. The van der Waals surface area contributed by atoms with Gasteiger partial charge in [-0.25, -0.2) is 14.6 Å². The second-order valence-corrected chi connectivity index (χ2v) is 6.87. The van der Waals surface area contributed by atoms with Crippen LogP contribution in [-0.4, -0.2) is 24.7 Å². The lowest BCUT2D eigenvalue weighted by atomic mass is 10.1. The van der Waals surface area contributed by atoms with E-state index in [1.54, 1.807) is 17.7 Å². The zero-order chi connectivity index (χ0) is 15.0. The minimum atomic E-state index is -0.114. The largest absolute Gasteiger partial charge is 0.362 e. The average molecular weight is 302 g/mol. The van der Waals surface area contributed by atoms with Gasteiger partial charge in [0.2, 0.25) is 0 Å². The topological polar surface area (TPSA) is 68.5 Å². The predicted octanol–water partition coefficient (Wildman–Crippen LogP) is 3.21. The Bertz CT molecular complexity index is 741. The number of hydrogen-bond acceptors (Lipinski definition) is 6. The molecule has 21 heavy (non-hydrogen) atoms. The van der Waals surface area contributed by atoms with Gasteiger partial charge < -0.3 is 5.32 Å². The first-order valence-electron chi connectivity index (χ1n) is 6.81. The van der Waals surface area contributed by atoms with Crippen LogP contribution in [0.3, 0.4) is 0 Å². The number of nitrogens with one attached hydrogen (secondary N) is 1. The van der Waals surface area contributed by atoms with Crippen molar-refractivity contribution in [2.24, 2.45) is 0 Å². The molecule has 1 N–H and O–H groups in total. The smallest absolute Gasteiger partial charge is 0.163 e. The third-order valence-electron chi connectivity index (χ3n) is 3.23. The molecule has 0 amide bonds. The number of fused-ring (bicyclic) bond motifs is 1. The van der Waals surface area contributed by atoms with Crippen molar-refractivity contribution in [1.29, 1.82) is 0 Å². The number of nitrogens with zero attached hydrogens (tertiary/aromatic N) is 5. The van der Waals surface area contributed by atoms with Gasteiger partial charge in [0.25, 0.3) is 0 Å². The molecule has 0 aliphatic carbocycles. The summed E-state index contributed by atoms with van der Waals surface area (Å²) in [5.74, 6) is 0.802. The number of rotatable bonds is 3. The Morgan fingerprint density at radius 1 is 1.24 bits per heavy atom. The van der Waals surface area contributed by atoms with Crippen LogP contribution in [0.2, 0.25) is 0 Å². The van der Waals surface area contributed by atoms with Crippen molar-refractivity contribution < 1.29 is 0 Å². The first kappa shape index (κ1) is 13.9. The third-order valence-corrected chi connectivity index (χ3v) is 4.19. The van der Waals surface area contributed by atoms with Crippen molar-refractivity contribution in [2.45, 2.75) is 39.3 Å². The molecule has 3 rings (SSSR count). The maximum atomic E-state index is 4.46. The number of hydrogen-bond donors (Lipinski definition) is 1. The van der Waals surface area contributed by atoms with Crippen molar-refractivity contribution in [3.8, 4) is 0 Å². The summed E-state index contributed by atoms with van der Waals surface area (Å²) < 4.78 is 1.92. The zero-order valence-electron chi connectivity index (χ0n) is 12.5. The van der Waals surface area contributed by atoms with E-state index in [0.29, 0.717) is 0 Å². The lowest BCUT2D eigenvalue weighted by Gasteiger charge is -2.20. The molecule has 0 fully saturated rings. The Balaban J connectivity index is 1.98. The van der Waals surface area contributed by atoms with Gasteiger partial charge in [0.15, 0.2) is 5.65 Å². The van der Waals surface area contributed by atoms with E-state index >= 15 is 0 Å². The highest BCUT2D eigenvalue weighted by molar-refractivity contribution is 7.09. The highest BCUT2D eigenvalue weighted by Crippen LogP contribution is 2.27. The molecular weight excluding hydrogens is 284 g/mol. The molecular formula is C14H18N6S. The van der Waals surface area contributed by atoms with Gasteiger partial charge >= 0.3 is 0 Å². The van der Waals surface area contributed by atoms with Gasteiger partial charge in [0, 0.05) is 11.1 Å². The molecule has 110 valence electrons. The third kappa shape index (κ3) is 2.61. The van der Waals surface area contributed by atoms with Crippen LogP contribution >= 0.6 is 11.3 Å². The van der Waals surface area contributed by atoms with Crippen LogP contribution in [0.15, 0.2) is 24.2 Å². The normalized spacial score (nSPS) is 13.5. The summed E-state index contributed by atoms with van der Waals surface area (Å²) in [5, 5.41) is 8.81. The van der Waals surface area contributed by atoms with E-state index in [-0.39, 0.29) is 11.6 Å². The Morgan fingerprint density at radius 3 is 2.71 bits per heavy atom. The van der Waals surface area contributed by atoms with Crippen molar-refractivity contribution in [2.75, 3.05) is 5.32 Å². The summed E-state index contributed by atoms with van der Waals surface area (Å²) in [5.41, 5.74) is 2.56. The van der Waals surface area contributed by atoms with Crippen LogP contribution in [0.4, 0.5) is 5.82 Å². The van der Waals surface area contributed by atoms with E-state index in [4.69, 9.17) is 0 Å². The van der Waals surface area contributed by atoms with E-state index < -0.39 is 0 Å². The molecule has 6 nitrogen and oxygen atoms in total.